The summed E-state index contributed by atoms with van der Waals surface area (Å²) in [4.78, 5) is 39.5. The lowest BCUT2D eigenvalue weighted by atomic mass is 10.0. The van der Waals surface area contributed by atoms with E-state index in [-0.39, 0.29) is 24.0 Å². The van der Waals surface area contributed by atoms with Crippen molar-refractivity contribution in [3.8, 4) is 0 Å². The average molecular weight is 471 g/mol. The molecule has 12 heteroatoms. The summed E-state index contributed by atoms with van der Waals surface area (Å²) in [5.74, 6) is 0.670. The number of unbranched alkanes of at least 4 members (excludes halogenated alkanes) is 1. The van der Waals surface area contributed by atoms with Gasteiger partial charge in [0.2, 0.25) is 5.91 Å². The van der Waals surface area contributed by atoms with E-state index in [1.165, 1.54) is 21.6 Å². The summed E-state index contributed by atoms with van der Waals surface area (Å²) in [5, 5.41) is 7.12. The van der Waals surface area contributed by atoms with Crippen LogP contribution in [0, 0.1) is 0 Å². The van der Waals surface area contributed by atoms with Gasteiger partial charge in [-0.1, -0.05) is 23.3 Å². The smallest absolute Gasteiger partial charge is 0.315 e. The molecule has 0 aromatic carbocycles. The molecule has 1 aromatic heterocycles. The monoisotopic (exact) mass is 470 g/mol. The molecule has 3 heterocycles. The number of nitrogens with one attached hydrogen (secondary N) is 4. The van der Waals surface area contributed by atoms with Crippen molar-refractivity contribution in [2.75, 3.05) is 11.5 Å². The molecule has 2 aliphatic heterocycles. The number of nitrogens with two attached hydrogens (primary N) is 1. The highest BCUT2D eigenvalue weighted by atomic mass is 33.1. The Balaban J connectivity index is 1.22. The first-order valence-electron chi connectivity index (χ1n) is 9.76. The Labute approximate surface area is 187 Å². The number of fused-ring (bicyclic) bond motifs is 1. The van der Waals surface area contributed by atoms with Crippen LogP contribution in [0.5, 0.6) is 0 Å². The summed E-state index contributed by atoms with van der Waals surface area (Å²) in [7, 11) is 2.89. The van der Waals surface area contributed by atoms with Crippen molar-refractivity contribution in [2.24, 2.45) is 5.73 Å². The van der Waals surface area contributed by atoms with Crippen molar-refractivity contribution in [2.45, 2.75) is 54.1 Å². The van der Waals surface area contributed by atoms with E-state index in [0.717, 1.165) is 30.0 Å². The van der Waals surface area contributed by atoms with Crippen LogP contribution in [-0.4, -0.2) is 57.7 Å². The lowest BCUT2D eigenvalue weighted by molar-refractivity contribution is -0.129. The molecule has 4 amide bonds. The number of aromatic nitrogens is 1. The number of amides is 4. The second-order valence-corrected chi connectivity index (χ2v) is 10.7. The van der Waals surface area contributed by atoms with Crippen LogP contribution < -0.4 is 27.2 Å². The minimum Gasteiger partial charge on any atom is -0.332 e. The highest BCUT2D eigenvalue weighted by Gasteiger charge is 2.42. The number of hydrazine groups is 1. The largest absolute Gasteiger partial charge is 0.332 e. The van der Waals surface area contributed by atoms with E-state index in [9.17, 15) is 14.4 Å². The van der Waals surface area contributed by atoms with E-state index in [1.807, 2.05) is 30.0 Å². The van der Waals surface area contributed by atoms with Gasteiger partial charge in [0.15, 0.2) is 0 Å². The van der Waals surface area contributed by atoms with Crippen LogP contribution in [0.25, 0.3) is 0 Å². The number of hydrogen-bond acceptors (Lipinski definition) is 8. The molecule has 0 bridgehead atoms. The quantitative estimate of drug-likeness (QED) is 0.148. The molecule has 164 valence electrons. The van der Waals surface area contributed by atoms with Gasteiger partial charge in [0.1, 0.15) is 5.03 Å². The number of pyridine rings is 1. The second kappa shape index (κ2) is 11.7. The Kier molecular flexibility index (Phi) is 8.97. The third kappa shape index (κ3) is 6.96. The van der Waals surface area contributed by atoms with Crippen LogP contribution >= 0.6 is 33.3 Å². The fourth-order valence-electron chi connectivity index (χ4n) is 3.20. The van der Waals surface area contributed by atoms with Gasteiger partial charge < -0.3 is 16.4 Å². The summed E-state index contributed by atoms with van der Waals surface area (Å²) < 4.78 is 0. The fraction of sp³-hybridized carbons (Fsp3) is 0.556. The molecule has 2 aliphatic rings. The van der Waals surface area contributed by atoms with Crippen molar-refractivity contribution in [1.29, 1.82) is 0 Å². The number of carbonyl (C=O) groups is 3. The average Bonchev–Trinajstić information content (AvgIpc) is 3.29. The number of urea groups is 1. The minimum absolute atomic E-state index is 0.0858. The van der Waals surface area contributed by atoms with Crippen LogP contribution in [0.15, 0.2) is 29.4 Å². The highest BCUT2D eigenvalue weighted by Crippen LogP contribution is 2.33. The molecule has 1 aromatic rings. The van der Waals surface area contributed by atoms with Gasteiger partial charge in [-0.05, 0) is 35.8 Å². The number of thioether (sulfide) groups is 1. The molecular formula is C18H26N6O3S3. The van der Waals surface area contributed by atoms with Gasteiger partial charge in [0.25, 0.3) is 5.91 Å². The van der Waals surface area contributed by atoms with Gasteiger partial charge in [0.05, 0.1) is 18.1 Å². The molecule has 2 saturated heterocycles. The van der Waals surface area contributed by atoms with E-state index < -0.39 is 11.9 Å². The Hall–Kier alpha value is -1.63. The second-order valence-electron chi connectivity index (χ2n) is 7.05. The van der Waals surface area contributed by atoms with Crippen LogP contribution in [0.4, 0.5) is 4.79 Å². The first-order chi connectivity index (χ1) is 14.5. The van der Waals surface area contributed by atoms with Gasteiger partial charge in [-0.3, -0.25) is 20.4 Å². The maximum atomic E-state index is 12.0. The Bertz CT molecular complexity index is 741. The molecule has 3 rings (SSSR count). The Morgan fingerprint density at radius 1 is 1.30 bits per heavy atom. The van der Waals surface area contributed by atoms with E-state index >= 15 is 0 Å². The van der Waals surface area contributed by atoms with Crippen molar-refractivity contribution in [3.63, 3.8) is 0 Å². The molecule has 4 atom stereocenters. The van der Waals surface area contributed by atoms with Gasteiger partial charge in [-0.25, -0.2) is 9.78 Å². The molecule has 0 unspecified atom stereocenters. The summed E-state index contributed by atoms with van der Waals surface area (Å²) in [5.41, 5.74) is 10.7. The summed E-state index contributed by atoms with van der Waals surface area (Å²) in [6.07, 6.45) is 4.59. The van der Waals surface area contributed by atoms with Crippen LogP contribution in [0.3, 0.4) is 0 Å². The molecular weight excluding hydrogens is 444 g/mol. The number of rotatable bonds is 10. The first kappa shape index (κ1) is 23.0. The SMILES string of the molecule is N[C@@H](CSSc1ccccn1)C(=O)NNC(=O)CCCC[C@@H]1SC[C@@H]2NC(=O)N[C@@H]21. The third-order valence-electron chi connectivity index (χ3n) is 4.77. The standard InChI is InChI=1S/C18H26N6O3S3/c19-11(9-29-30-15-7-3-4-8-20-15)17(26)24-23-14(25)6-2-1-5-13-16-12(10-28-13)21-18(27)22-16/h3-4,7-8,11-13,16H,1-2,5-6,9-10,19H2,(H,23,25)(H,24,26)(H2,21,22,27)/t11-,12-,13-,16-/m0/s1. The summed E-state index contributed by atoms with van der Waals surface area (Å²) in [6, 6.07) is 5.21. The lowest BCUT2D eigenvalue weighted by Crippen LogP contribution is -2.50. The van der Waals surface area contributed by atoms with Crippen molar-refractivity contribution in [1.82, 2.24) is 26.5 Å². The zero-order chi connectivity index (χ0) is 21.3. The number of nitrogens with zero attached hydrogens (tertiary/aromatic N) is 1. The topological polar surface area (TPSA) is 138 Å². The fourth-order valence-corrected chi connectivity index (χ4v) is 6.77. The summed E-state index contributed by atoms with van der Waals surface area (Å²) in [6.45, 7) is 0. The zero-order valence-corrected chi connectivity index (χ0v) is 18.8. The third-order valence-corrected chi connectivity index (χ3v) is 8.58. The summed E-state index contributed by atoms with van der Waals surface area (Å²) >= 11 is 1.86. The molecule has 0 spiro atoms. The Morgan fingerprint density at radius 3 is 2.97 bits per heavy atom. The predicted octanol–water partition coefficient (Wildman–Crippen LogP) is 1.02. The molecule has 6 N–H and O–H groups in total. The van der Waals surface area contributed by atoms with Crippen molar-refractivity contribution in [3.05, 3.63) is 24.4 Å². The van der Waals surface area contributed by atoms with Gasteiger partial charge >= 0.3 is 6.03 Å². The van der Waals surface area contributed by atoms with E-state index in [4.69, 9.17) is 5.73 Å². The number of carbonyl (C=O) groups excluding carboxylic acids is 3. The predicted molar refractivity (Wildman–Crippen MR) is 121 cm³/mol. The normalized spacial score (nSPS) is 23.2. The molecule has 9 nitrogen and oxygen atoms in total. The first-order valence-corrected chi connectivity index (χ1v) is 13.1. The molecule has 30 heavy (non-hydrogen) atoms. The van der Waals surface area contributed by atoms with Crippen LogP contribution in [-0.2, 0) is 9.59 Å². The maximum absolute atomic E-state index is 12.0. The van der Waals surface area contributed by atoms with E-state index in [2.05, 4.69) is 26.5 Å². The van der Waals surface area contributed by atoms with Crippen molar-refractivity contribution >= 4 is 51.2 Å². The number of hydrogen-bond donors (Lipinski definition) is 5. The van der Waals surface area contributed by atoms with Gasteiger partial charge in [-0.2, -0.15) is 11.8 Å². The van der Waals surface area contributed by atoms with Gasteiger partial charge in [-0.15, -0.1) is 0 Å². The lowest BCUT2D eigenvalue weighted by Gasteiger charge is -2.16. The maximum Gasteiger partial charge on any atom is 0.315 e. The van der Waals surface area contributed by atoms with Crippen molar-refractivity contribution < 1.29 is 14.4 Å². The zero-order valence-electron chi connectivity index (χ0n) is 16.3. The van der Waals surface area contributed by atoms with Crippen LogP contribution in [0.1, 0.15) is 25.7 Å². The highest BCUT2D eigenvalue weighted by molar-refractivity contribution is 8.76. The molecule has 2 fully saturated rings. The molecule has 0 aliphatic carbocycles. The Morgan fingerprint density at radius 2 is 2.17 bits per heavy atom. The van der Waals surface area contributed by atoms with Gasteiger partial charge in [0, 0.05) is 29.4 Å². The minimum atomic E-state index is -0.728. The van der Waals surface area contributed by atoms with Crippen LogP contribution in [0.2, 0.25) is 0 Å². The molecule has 0 radical (unpaired) electrons. The van der Waals surface area contributed by atoms with E-state index in [0.29, 0.717) is 17.4 Å². The van der Waals surface area contributed by atoms with E-state index in [1.54, 1.807) is 6.20 Å². The molecule has 0 saturated carbocycles.